The number of carboxylic acid groups (broad SMARTS) is 1. The van der Waals surface area contributed by atoms with Gasteiger partial charge in [-0.3, -0.25) is 4.98 Å². The Morgan fingerprint density at radius 3 is 2.52 bits per heavy atom. The number of aromatic nitrogens is 2. The van der Waals surface area contributed by atoms with Crippen LogP contribution in [0.2, 0.25) is 0 Å². The van der Waals surface area contributed by atoms with Gasteiger partial charge in [-0.2, -0.15) is 13.2 Å². The number of aliphatic hydroxyl groups excluding tert-OH is 1. The Morgan fingerprint density at radius 1 is 1.15 bits per heavy atom. The number of carbonyl (C=O) groups is 1. The molecule has 0 saturated carbocycles. The Kier molecular flexibility index (Phi) is 7.53. The second-order valence-electron chi connectivity index (χ2n) is 9.64. The van der Waals surface area contributed by atoms with Crippen molar-refractivity contribution < 1.29 is 28.2 Å². The molecule has 3 aromatic heterocycles. The van der Waals surface area contributed by atoms with Crippen molar-refractivity contribution in [2.45, 2.75) is 31.2 Å². The standard InChI is InChI=1S/C27H27F3N6O3S/c28-27(29,30)18-11-21(35-25-22(18)23(32)24(40-25)26(38)39)36-8-6-17(7-9-36)33-13-20(37)19-5-4-15(12-34-19)14-2-1-3-16(31)10-14/h1-5,10-12,17,20,33,37H,6-9,13,31-32H2,(H,38,39). The summed E-state index contributed by atoms with van der Waals surface area (Å²) in [5.74, 6) is -1.27. The van der Waals surface area contributed by atoms with E-state index in [0.717, 1.165) is 17.2 Å². The van der Waals surface area contributed by atoms with Gasteiger partial charge in [0.25, 0.3) is 0 Å². The molecule has 0 aliphatic carbocycles. The van der Waals surface area contributed by atoms with Crippen LogP contribution in [-0.2, 0) is 6.18 Å². The first-order valence-electron chi connectivity index (χ1n) is 12.5. The molecule has 9 nitrogen and oxygen atoms in total. The highest BCUT2D eigenvalue weighted by molar-refractivity contribution is 7.21. The van der Waals surface area contributed by atoms with Crippen molar-refractivity contribution >= 4 is 44.7 Å². The fourth-order valence-electron chi connectivity index (χ4n) is 4.84. The van der Waals surface area contributed by atoms with Crippen LogP contribution in [0.15, 0.2) is 48.7 Å². The van der Waals surface area contributed by atoms with Gasteiger partial charge in [-0.25, -0.2) is 9.78 Å². The number of carboxylic acids is 1. The van der Waals surface area contributed by atoms with Crippen LogP contribution in [0.4, 0.5) is 30.4 Å². The first-order chi connectivity index (χ1) is 19.0. The third-order valence-electron chi connectivity index (χ3n) is 6.95. The zero-order valence-electron chi connectivity index (χ0n) is 21.2. The maximum atomic E-state index is 13.9. The largest absolute Gasteiger partial charge is 0.477 e. The van der Waals surface area contributed by atoms with Gasteiger partial charge in [0.1, 0.15) is 21.6 Å². The number of nitrogens with zero attached hydrogens (tertiary/aromatic N) is 3. The van der Waals surface area contributed by atoms with E-state index in [-0.39, 0.29) is 33.5 Å². The number of hydrogen-bond acceptors (Lipinski definition) is 9. The SMILES string of the molecule is Nc1cccc(-c2ccc(C(O)CNC3CCN(c4cc(C(F)(F)F)c5c(N)c(C(=O)O)sc5n4)CC3)nc2)c1. The van der Waals surface area contributed by atoms with Gasteiger partial charge in [-0.05, 0) is 42.7 Å². The summed E-state index contributed by atoms with van der Waals surface area (Å²) in [6.07, 6.45) is -2.65. The third kappa shape index (κ3) is 5.67. The van der Waals surface area contributed by atoms with Gasteiger partial charge >= 0.3 is 12.1 Å². The normalized spacial score (nSPS) is 15.4. The molecule has 4 aromatic rings. The lowest BCUT2D eigenvalue weighted by atomic mass is 10.0. The highest BCUT2D eigenvalue weighted by atomic mass is 32.1. The number of anilines is 3. The molecule has 5 rings (SSSR count). The van der Waals surface area contributed by atoms with E-state index in [1.807, 2.05) is 24.3 Å². The van der Waals surface area contributed by atoms with Crippen molar-refractivity contribution in [1.29, 1.82) is 0 Å². The Morgan fingerprint density at radius 2 is 1.90 bits per heavy atom. The number of aromatic carboxylic acids is 1. The van der Waals surface area contributed by atoms with Crippen molar-refractivity contribution in [3.8, 4) is 11.1 Å². The lowest BCUT2D eigenvalue weighted by Crippen LogP contribution is -2.44. The molecule has 1 unspecified atom stereocenters. The van der Waals surface area contributed by atoms with E-state index < -0.39 is 29.5 Å². The number of rotatable bonds is 7. The zero-order valence-corrected chi connectivity index (χ0v) is 22.0. The molecule has 210 valence electrons. The maximum absolute atomic E-state index is 13.9. The summed E-state index contributed by atoms with van der Waals surface area (Å²) >= 11 is 0.636. The number of alkyl halides is 3. The van der Waals surface area contributed by atoms with Crippen LogP contribution in [0.3, 0.4) is 0 Å². The minimum absolute atomic E-state index is 0.0410. The van der Waals surface area contributed by atoms with E-state index in [1.54, 1.807) is 23.2 Å². The number of benzene rings is 1. The molecule has 0 amide bonds. The van der Waals surface area contributed by atoms with E-state index in [4.69, 9.17) is 11.5 Å². The molecule has 1 aliphatic heterocycles. The third-order valence-corrected chi connectivity index (χ3v) is 8.04. The number of nitrogens with one attached hydrogen (secondary N) is 1. The smallest absolute Gasteiger partial charge is 0.417 e. The molecule has 7 N–H and O–H groups in total. The number of fused-ring (bicyclic) bond motifs is 1. The van der Waals surface area contributed by atoms with Crippen molar-refractivity contribution in [3.05, 3.63) is 64.8 Å². The molecule has 0 spiro atoms. The van der Waals surface area contributed by atoms with E-state index in [9.17, 15) is 28.2 Å². The summed E-state index contributed by atoms with van der Waals surface area (Å²) in [6.45, 7) is 1.14. The molecule has 1 fully saturated rings. The summed E-state index contributed by atoms with van der Waals surface area (Å²) in [6, 6.07) is 12.1. The van der Waals surface area contributed by atoms with Crippen LogP contribution >= 0.6 is 11.3 Å². The molecule has 40 heavy (non-hydrogen) atoms. The number of hydrogen-bond donors (Lipinski definition) is 5. The van der Waals surface area contributed by atoms with Crippen molar-refractivity contribution in [2.24, 2.45) is 0 Å². The predicted octanol–water partition coefficient (Wildman–Crippen LogP) is 4.53. The fourth-order valence-corrected chi connectivity index (χ4v) is 5.79. The van der Waals surface area contributed by atoms with Crippen LogP contribution in [0.5, 0.6) is 0 Å². The fraction of sp³-hybridized carbons (Fsp3) is 0.296. The second-order valence-corrected chi connectivity index (χ2v) is 10.6. The number of thiophene rings is 1. The van der Waals surface area contributed by atoms with Gasteiger partial charge < -0.3 is 31.9 Å². The van der Waals surface area contributed by atoms with Crippen molar-refractivity contribution in [2.75, 3.05) is 36.0 Å². The number of piperidine rings is 1. The molecular formula is C27H27F3N6O3S. The summed E-state index contributed by atoms with van der Waals surface area (Å²) < 4.78 is 41.6. The molecule has 0 bridgehead atoms. The average molecular weight is 573 g/mol. The van der Waals surface area contributed by atoms with Gasteiger partial charge in [-0.1, -0.05) is 18.2 Å². The highest BCUT2D eigenvalue weighted by Gasteiger charge is 2.37. The molecule has 13 heteroatoms. The lowest BCUT2D eigenvalue weighted by molar-refractivity contribution is -0.136. The van der Waals surface area contributed by atoms with Gasteiger partial charge in [0.2, 0.25) is 0 Å². The molecule has 1 aliphatic rings. The molecule has 4 heterocycles. The Hall–Kier alpha value is -3.94. The number of pyridine rings is 2. The Labute approximate surface area is 231 Å². The average Bonchev–Trinajstić information content (AvgIpc) is 3.27. The van der Waals surface area contributed by atoms with Crippen LogP contribution in [0, 0.1) is 0 Å². The zero-order chi connectivity index (χ0) is 28.6. The molecule has 1 atom stereocenters. The van der Waals surface area contributed by atoms with E-state index in [0.29, 0.717) is 48.6 Å². The molecule has 1 saturated heterocycles. The van der Waals surface area contributed by atoms with Gasteiger partial charge in [-0.15, -0.1) is 11.3 Å². The van der Waals surface area contributed by atoms with Crippen LogP contribution in [-0.4, -0.2) is 51.8 Å². The minimum Gasteiger partial charge on any atom is -0.477 e. The van der Waals surface area contributed by atoms with Crippen LogP contribution in [0.1, 0.15) is 39.9 Å². The van der Waals surface area contributed by atoms with Gasteiger partial charge in [0, 0.05) is 48.5 Å². The Balaban J connectivity index is 1.22. The summed E-state index contributed by atoms with van der Waals surface area (Å²) in [5.41, 5.74) is 13.2. The summed E-state index contributed by atoms with van der Waals surface area (Å²) in [5, 5.41) is 22.9. The van der Waals surface area contributed by atoms with E-state index >= 15 is 0 Å². The highest BCUT2D eigenvalue weighted by Crippen LogP contribution is 2.43. The summed E-state index contributed by atoms with van der Waals surface area (Å²) in [4.78, 5) is 21.5. The monoisotopic (exact) mass is 572 g/mol. The number of nitrogen functional groups attached to an aromatic ring is 2. The summed E-state index contributed by atoms with van der Waals surface area (Å²) in [7, 11) is 0. The minimum atomic E-state index is -4.72. The number of aliphatic hydroxyl groups is 1. The van der Waals surface area contributed by atoms with E-state index in [2.05, 4.69) is 15.3 Å². The Bertz CT molecular complexity index is 1540. The first kappa shape index (κ1) is 27.6. The predicted molar refractivity (Wildman–Crippen MR) is 148 cm³/mol. The molecular weight excluding hydrogens is 545 g/mol. The van der Waals surface area contributed by atoms with Gasteiger partial charge in [0.05, 0.1) is 16.9 Å². The van der Waals surface area contributed by atoms with E-state index in [1.165, 1.54) is 0 Å². The quantitative estimate of drug-likeness (QED) is 0.201. The first-order valence-corrected chi connectivity index (χ1v) is 13.3. The number of nitrogens with two attached hydrogens (primary N) is 2. The number of halogens is 3. The lowest BCUT2D eigenvalue weighted by Gasteiger charge is -2.34. The molecule has 0 radical (unpaired) electrons. The molecule has 1 aromatic carbocycles. The van der Waals surface area contributed by atoms with Crippen molar-refractivity contribution in [1.82, 2.24) is 15.3 Å². The maximum Gasteiger partial charge on any atom is 0.417 e. The topological polar surface area (TPSA) is 151 Å². The van der Waals surface area contributed by atoms with Crippen LogP contribution in [0.25, 0.3) is 21.3 Å². The van der Waals surface area contributed by atoms with Crippen LogP contribution < -0.4 is 21.7 Å². The van der Waals surface area contributed by atoms with Gasteiger partial charge in [0.15, 0.2) is 0 Å². The second kappa shape index (κ2) is 10.9. The van der Waals surface area contributed by atoms with Crippen molar-refractivity contribution in [3.63, 3.8) is 0 Å².